The van der Waals surface area contributed by atoms with Gasteiger partial charge in [-0.05, 0) is 42.0 Å². The van der Waals surface area contributed by atoms with Crippen LogP contribution in [0.5, 0.6) is 0 Å². The molecule has 2 heterocycles. The quantitative estimate of drug-likeness (QED) is 0.820. The number of hydrogen-bond donors (Lipinski definition) is 1. The molecule has 0 atom stereocenters. The largest absolute Gasteiger partial charge is 0.352 e. The van der Waals surface area contributed by atoms with Gasteiger partial charge in [-0.3, -0.25) is 9.78 Å². The molecule has 0 fully saturated rings. The molecular formula is C14H9BrN2O. The van der Waals surface area contributed by atoms with Crippen molar-refractivity contribution < 1.29 is 4.79 Å². The molecule has 1 aromatic heterocycles. The van der Waals surface area contributed by atoms with E-state index in [1.807, 2.05) is 36.4 Å². The van der Waals surface area contributed by atoms with Crippen LogP contribution in [0.2, 0.25) is 0 Å². The van der Waals surface area contributed by atoms with Crippen molar-refractivity contribution in [2.24, 2.45) is 0 Å². The third-order valence-electron chi connectivity index (χ3n) is 2.76. The van der Waals surface area contributed by atoms with Gasteiger partial charge in [-0.25, -0.2) is 0 Å². The highest BCUT2D eigenvalue weighted by atomic mass is 79.9. The van der Waals surface area contributed by atoms with Crippen LogP contribution in [0, 0.1) is 0 Å². The van der Waals surface area contributed by atoms with Gasteiger partial charge < -0.3 is 5.32 Å². The molecule has 4 heteroatoms. The summed E-state index contributed by atoms with van der Waals surface area (Å²) in [6, 6.07) is 9.36. The van der Waals surface area contributed by atoms with E-state index in [0.717, 1.165) is 15.7 Å². The van der Waals surface area contributed by atoms with Gasteiger partial charge in [0, 0.05) is 28.1 Å². The summed E-state index contributed by atoms with van der Waals surface area (Å²) < 4.78 is 0.904. The summed E-state index contributed by atoms with van der Waals surface area (Å²) in [7, 11) is 0. The van der Waals surface area contributed by atoms with E-state index < -0.39 is 0 Å². The standard InChI is InChI=1S/C14H9BrN2O/c15-10-1-2-12-11(8-10)14(18)13(17-12)7-9-3-5-16-6-4-9/h1-8,17H/b13-7-. The van der Waals surface area contributed by atoms with Crippen LogP contribution in [0.3, 0.4) is 0 Å². The number of nitrogens with one attached hydrogen (secondary N) is 1. The molecule has 2 aromatic rings. The third kappa shape index (κ3) is 1.95. The lowest BCUT2D eigenvalue weighted by atomic mass is 10.1. The summed E-state index contributed by atoms with van der Waals surface area (Å²) in [5.74, 6) is 0.0168. The number of fused-ring (bicyclic) bond motifs is 1. The van der Waals surface area contributed by atoms with Crippen molar-refractivity contribution in [2.75, 3.05) is 5.32 Å². The monoisotopic (exact) mass is 300 g/mol. The van der Waals surface area contributed by atoms with Crippen molar-refractivity contribution in [3.63, 3.8) is 0 Å². The van der Waals surface area contributed by atoms with E-state index in [4.69, 9.17) is 0 Å². The van der Waals surface area contributed by atoms with Crippen LogP contribution in [-0.2, 0) is 0 Å². The first-order valence-corrected chi connectivity index (χ1v) is 6.26. The number of carbonyl (C=O) groups excluding carboxylic acids is 1. The molecular weight excluding hydrogens is 292 g/mol. The fourth-order valence-corrected chi connectivity index (χ4v) is 2.25. The minimum absolute atomic E-state index is 0.0168. The first-order valence-electron chi connectivity index (χ1n) is 5.47. The van der Waals surface area contributed by atoms with Crippen LogP contribution in [0.15, 0.2) is 52.9 Å². The summed E-state index contributed by atoms with van der Waals surface area (Å²) >= 11 is 3.37. The molecule has 0 radical (unpaired) electrons. The molecule has 0 saturated carbocycles. The number of allylic oxidation sites excluding steroid dienone is 1. The maximum Gasteiger partial charge on any atom is 0.211 e. The first-order chi connectivity index (χ1) is 8.74. The molecule has 0 saturated heterocycles. The lowest BCUT2D eigenvalue weighted by molar-refractivity contribution is 0.104. The first kappa shape index (κ1) is 11.2. The Morgan fingerprint density at radius 1 is 1.17 bits per heavy atom. The number of benzene rings is 1. The molecule has 3 nitrogen and oxygen atoms in total. The number of anilines is 1. The van der Waals surface area contributed by atoms with E-state index in [1.54, 1.807) is 12.4 Å². The van der Waals surface area contributed by atoms with Gasteiger partial charge in [-0.15, -0.1) is 0 Å². The Balaban J connectivity index is 2.00. The van der Waals surface area contributed by atoms with Crippen molar-refractivity contribution in [1.29, 1.82) is 0 Å². The highest BCUT2D eigenvalue weighted by molar-refractivity contribution is 9.10. The van der Waals surface area contributed by atoms with E-state index in [-0.39, 0.29) is 5.78 Å². The zero-order valence-electron chi connectivity index (χ0n) is 9.35. The number of hydrogen-bond acceptors (Lipinski definition) is 3. The second kappa shape index (κ2) is 4.38. The average molecular weight is 301 g/mol. The van der Waals surface area contributed by atoms with E-state index in [1.165, 1.54) is 0 Å². The number of aromatic nitrogens is 1. The summed E-state index contributed by atoms with van der Waals surface area (Å²) in [6.45, 7) is 0. The summed E-state index contributed by atoms with van der Waals surface area (Å²) in [4.78, 5) is 16.1. The number of rotatable bonds is 1. The minimum Gasteiger partial charge on any atom is -0.352 e. The number of ketones is 1. The van der Waals surface area contributed by atoms with E-state index in [0.29, 0.717) is 11.3 Å². The molecule has 1 aromatic carbocycles. The summed E-state index contributed by atoms with van der Waals surface area (Å²) in [5.41, 5.74) is 3.09. The smallest absolute Gasteiger partial charge is 0.211 e. The third-order valence-corrected chi connectivity index (χ3v) is 3.25. The zero-order chi connectivity index (χ0) is 12.5. The normalized spacial score (nSPS) is 15.6. The maximum absolute atomic E-state index is 12.2. The Labute approximate surface area is 113 Å². The molecule has 0 spiro atoms. The Morgan fingerprint density at radius 3 is 2.72 bits per heavy atom. The number of halogens is 1. The highest BCUT2D eigenvalue weighted by Gasteiger charge is 2.24. The Kier molecular flexibility index (Phi) is 2.72. The van der Waals surface area contributed by atoms with Crippen LogP contribution < -0.4 is 5.32 Å². The molecule has 0 amide bonds. The van der Waals surface area contributed by atoms with Gasteiger partial charge in [-0.2, -0.15) is 0 Å². The van der Waals surface area contributed by atoms with E-state index in [9.17, 15) is 4.79 Å². The zero-order valence-corrected chi connectivity index (χ0v) is 10.9. The van der Waals surface area contributed by atoms with Crippen molar-refractivity contribution in [3.8, 4) is 0 Å². The van der Waals surface area contributed by atoms with Gasteiger partial charge in [0.25, 0.3) is 0 Å². The Bertz CT molecular complexity index is 650. The van der Waals surface area contributed by atoms with Crippen molar-refractivity contribution in [1.82, 2.24) is 4.98 Å². The Morgan fingerprint density at radius 2 is 1.94 bits per heavy atom. The molecule has 0 unspecified atom stereocenters. The molecule has 1 aliphatic heterocycles. The molecule has 1 aliphatic rings. The van der Waals surface area contributed by atoms with Crippen LogP contribution in [0.25, 0.3) is 6.08 Å². The summed E-state index contributed by atoms with van der Waals surface area (Å²) in [5, 5.41) is 3.13. The lowest BCUT2D eigenvalue weighted by Crippen LogP contribution is -1.99. The predicted molar refractivity (Wildman–Crippen MR) is 74.3 cm³/mol. The topological polar surface area (TPSA) is 42.0 Å². The number of pyridine rings is 1. The minimum atomic E-state index is 0.0168. The SMILES string of the molecule is O=C1/C(=C/c2ccncc2)Nc2ccc(Br)cc21. The molecule has 3 rings (SSSR count). The highest BCUT2D eigenvalue weighted by Crippen LogP contribution is 2.31. The maximum atomic E-state index is 12.2. The van der Waals surface area contributed by atoms with Crippen LogP contribution in [0.1, 0.15) is 15.9 Å². The van der Waals surface area contributed by atoms with E-state index >= 15 is 0 Å². The van der Waals surface area contributed by atoms with Crippen molar-refractivity contribution in [3.05, 3.63) is 64.0 Å². The Hall–Kier alpha value is -1.94. The van der Waals surface area contributed by atoms with Gasteiger partial charge in [0.2, 0.25) is 5.78 Å². The molecule has 88 valence electrons. The molecule has 0 aliphatic carbocycles. The fraction of sp³-hybridized carbons (Fsp3) is 0. The average Bonchev–Trinajstić information content (AvgIpc) is 2.68. The van der Waals surface area contributed by atoms with Crippen LogP contribution in [0.4, 0.5) is 5.69 Å². The van der Waals surface area contributed by atoms with Crippen molar-refractivity contribution >= 4 is 33.5 Å². The van der Waals surface area contributed by atoms with Gasteiger partial charge >= 0.3 is 0 Å². The number of Topliss-reactive ketones (excluding diaryl/α,β-unsaturated/α-hetero) is 1. The number of nitrogens with zero attached hydrogens (tertiary/aromatic N) is 1. The predicted octanol–water partition coefficient (Wildman–Crippen LogP) is 3.49. The molecule has 0 bridgehead atoms. The van der Waals surface area contributed by atoms with Gasteiger partial charge in [-0.1, -0.05) is 15.9 Å². The van der Waals surface area contributed by atoms with Crippen molar-refractivity contribution in [2.45, 2.75) is 0 Å². The van der Waals surface area contributed by atoms with Gasteiger partial charge in [0.05, 0.1) is 5.70 Å². The molecule has 18 heavy (non-hydrogen) atoms. The summed E-state index contributed by atoms with van der Waals surface area (Å²) in [6.07, 6.45) is 5.24. The van der Waals surface area contributed by atoms with Crippen LogP contribution >= 0.6 is 15.9 Å². The second-order valence-electron chi connectivity index (χ2n) is 3.98. The molecule has 1 N–H and O–H groups in total. The van der Waals surface area contributed by atoms with E-state index in [2.05, 4.69) is 26.2 Å². The lowest BCUT2D eigenvalue weighted by Gasteiger charge is -1.98. The van der Waals surface area contributed by atoms with Gasteiger partial charge in [0.15, 0.2) is 0 Å². The van der Waals surface area contributed by atoms with Gasteiger partial charge in [0.1, 0.15) is 0 Å². The fourth-order valence-electron chi connectivity index (χ4n) is 1.89. The number of carbonyl (C=O) groups is 1. The van der Waals surface area contributed by atoms with Crippen LogP contribution in [-0.4, -0.2) is 10.8 Å². The second-order valence-corrected chi connectivity index (χ2v) is 4.90.